The third-order valence-electron chi connectivity index (χ3n) is 1.28. The molecule has 0 saturated heterocycles. The average Bonchev–Trinajstić information content (AvgIpc) is 2.01. The molecule has 1 aromatic carbocycles. The summed E-state index contributed by atoms with van der Waals surface area (Å²) in [4.78, 5) is -3.25. The molecule has 0 N–H and O–H groups in total. The molecule has 78 valence electrons. The van der Waals surface area contributed by atoms with E-state index in [1.54, 1.807) is 6.07 Å². The van der Waals surface area contributed by atoms with Gasteiger partial charge in [-0.2, -0.15) is 12.9 Å². The largest absolute Gasteiger partial charge is 0.328 e. The lowest BCUT2D eigenvalue weighted by molar-refractivity contribution is 0.744. The first-order chi connectivity index (χ1) is 6.31. The SMILES string of the molecule is FP(F)(=NP(=S)(Cl)Cl)c1ccccc1. The van der Waals surface area contributed by atoms with Gasteiger partial charge in [-0.15, -0.1) is 0 Å². The Morgan fingerprint density at radius 1 is 1.14 bits per heavy atom. The fraction of sp³-hybridized carbons (Fsp3) is 0. The van der Waals surface area contributed by atoms with Crippen LogP contribution in [0.15, 0.2) is 34.8 Å². The Balaban J connectivity index is 3.22. The molecule has 0 amide bonds. The Labute approximate surface area is 95.4 Å². The summed E-state index contributed by atoms with van der Waals surface area (Å²) in [7, 11) is -4.61. The molecule has 0 aliphatic rings. The maximum absolute atomic E-state index is 13.4. The molecule has 8 heteroatoms. The minimum absolute atomic E-state index is 0.157. The third kappa shape index (κ3) is 3.96. The van der Waals surface area contributed by atoms with Crippen molar-refractivity contribution >= 4 is 52.2 Å². The minimum Gasteiger partial charge on any atom is -0.179 e. The molecular weight excluding hydrogens is 289 g/mol. The van der Waals surface area contributed by atoms with Gasteiger partial charge in [-0.1, -0.05) is 18.2 Å². The van der Waals surface area contributed by atoms with Gasteiger partial charge in [0.1, 0.15) is 0 Å². The van der Waals surface area contributed by atoms with Crippen molar-refractivity contribution in [3.63, 3.8) is 0 Å². The van der Waals surface area contributed by atoms with Gasteiger partial charge in [0.15, 0.2) is 0 Å². The van der Waals surface area contributed by atoms with Crippen molar-refractivity contribution in [2.24, 2.45) is 4.52 Å². The monoisotopic (exact) mass is 293 g/mol. The summed E-state index contributed by atoms with van der Waals surface area (Å²) >= 11 is 15.1. The van der Waals surface area contributed by atoms with Gasteiger partial charge in [0, 0.05) is 0 Å². The second-order valence-corrected chi connectivity index (χ2v) is 11.7. The predicted molar refractivity (Wildman–Crippen MR) is 63.6 cm³/mol. The van der Waals surface area contributed by atoms with E-state index in [1.807, 2.05) is 0 Å². The summed E-state index contributed by atoms with van der Waals surface area (Å²) in [5.74, 6) is 0. The van der Waals surface area contributed by atoms with Crippen LogP contribution in [0.2, 0.25) is 0 Å². The fourth-order valence-corrected chi connectivity index (χ4v) is 5.13. The standard InChI is InChI=1S/C6H5Cl2F2NP2S/c7-13(8,14)11-12(9,10)6-4-2-1-3-5-6/h1-5H. The Morgan fingerprint density at radius 2 is 1.64 bits per heavy atom. The summed E-state index contributed by atoms with van der Waals surface area (Å²) in [6, 6.07) is 7.22. The third-order valence-corrected chi connectivity index (χ3v) is 5.81. The van der Waals surface area contributed by atoms with Gasteiger partial charge >= 0.3 is 7.68 Å². The molecule has 0 aliphatic carbocycles. The van der Waals surface area contributed by atoms with Crippen LogP contribution in [-0.2, 0) is 11.8 Å². The summed E-state index contributed by atoms with van der Waals surface area (Å²) < 4.78 is 29.8. The Bertz CT molecular complexity index is 413. The summed E-state index contributed by atoms with van der Waals surface area (Å²) in [6.45, 7) is 0. The molecule has 0 aliphatic heterocycles. The Hall–Kier alpha value is 0.540. The van der Waals surface area contributed by atoms with Crippen LogP contribution in [0.5, 0.6) is 0 Å². The average molecular weight is 294 g/mol. The number of halogens is 4. The van der Waals surface area contributed by atoms with Crippen molar-refractivity contribution in [2.75, 3.05) is 0 Å². The van der Waals surface area contributed by atoms with Crippen LogP contribution in [0.25, 0.3) is 0 Å². The molecule has 14 heavy (non-hydrogen) atoms. The number of nitrogens with zero attached hydrogens (tertiary/aromatic N) is 1. The molecule has 0 unspecified atom stereocenters. The number of hydrogen-bond acceptors (Lipinski definition) is 1. The van der Waals surface area contributed by atoms with Gasteiger partial charge in [0.2, 0.25) is 4.89 Å². The van der Waals surface area contributed by atoms with E-state index < -0.39 is 12.6 Å². The van der Waals surface area contributed by atoms with Crippen LogP contribution in [0.3, 0.4) is 0 Å². The molecule has 0 bridgehead atoms. The van der Waals surface area contributed by atoms with Crippen LogP contribution in [0.4, 0.5) is 8.39 Å². The van der Waals surface area contributed by atoms with E-state index in [1.165, 1.54) is 24.3 Å². The fourth-order valence-electron chi connectivity index (χ4n) is 0.790. The van der Waals surface area contributed by atoms with Gasteiger partial charge in [0.05, 0.1) is 5.30 Å². The number of benzene rings is 1. The highest BCUT2D eigenvalue weighted by Gasteiger charge is 2.24. The van der Waals surface area contributed by atoms with Gasteiger partial charge in [0.25, 0.3) is 0 Å². The van der Waals surface area contributed by atoms with Crippen LogP contribution in [-0.4, -0.2) is 0 Å². The topological polar surface area (TPSA) is 12.4 Å². The zero-order valence-electron chi connectivity index (χ0n) is 6.65. The molecule has 1 nitrogen and oxygen atoms in total. The van der Waals surface area contributed by atoms with Gasteiger partial charge in [-0.25, -0.2) is 0 Å². The van der Waals surface area contributed by atoms with E-state index in [4.69, 9.17) is 22.5 Å². The molecular formula is C6H5Cl2F2NP2S. The van der Waals surface area contributed by atoms with Crippen molar-refractivity contribution in [1.29, 1.82) is 0 Å². The lowest BCUT2D eigenvalue weighted by Crippen LogP contribution is -1.95. The quantitative estimate of drug-likeness (QED) is 0.700. The normalized spacial score (nSPS) is 12.6. The van der Waals surface area contributed by atoms with Crippen molar-refractivity contribution < 1.29 is 8.39 Å². The van der Waals surface area contributed by atoms with Crippen LogP contribution in [0, 0.1) is 0 Å². The highest BCUT2D eigenvalue weighted by Crippen LogP contribution is 2.69. The summed E-state index contributed by atoms with van der Waals surface area (Å²) in [5, 5.41) is -0.157. The highest BCUT2D eigenvalue weighted by molar-refractivity contribution is 8.39. The molecule has 0 atom stereocenters. The highest BCUT2D eigenvalue weighted by atomic mass is 35.9. The Morgan fingerprint density at radius 3 is 2.07 bits per heavy atom. The molecule has 0 fully saturated rings. The molecule has 0 radical (unpaired) electrons. The van der Waals surface area contributed by atoms with Crippen molar-refractivity contribution in [3.8, 4) is 0 Å². The second kappa shape index (κ2) is 4.59. The molecule has 0 saturated carbocycles. The van der Waals surface area contributed by atoms with E-state index >= 15 is 0 Å². The molecule has 0 heterocycles. The summed E-state index contributed by atoms with van der Waals surface area (Å²) in [5.41, 5.74) is 0. The van der Waals surface area contributed by atoms with E-state index in [2.05, 4.69) is 16.3 Å². The van der Waals surface area contributed by atoms with Crippen molar-refractivity contribution in [1.82, 2.24) is 0 Å². The smallest absolute Gasteiger partial charge is 0.179 e. The van der Waals surface area contributed by atoms with Crippen LogP contribution < -0.4 is 5.30 Å². The first-order valence-corrected chi connectivity index (χ1v) is 9.48. The van der Waals surface area contributed by atoms with E-state index in [9.17, 15) is 8.39 Å². The maximum atomic E-state index is 13.4. The molecule has 0 aromatic heterocycles. The van der Waals surface area contributed by atoms with Gasteiger partial charge in [-0.3, -0.25) is 0 Å². The van der Waals surface area contributed by atoms with Gasteiger partial charge in [-0.05, 0) is 46.4 Å². The molecule has 0 spiro atoms. The second-order valence-electron chi connectivity index (χ2n) is 2.34. The van der Waals surface area contributed by atoms with E-state index in [-0.39, 0.29) is 5.30 Å². The number of hydrogen-bond donors (Lipinski definition) is 0. The van der Waals surface area contributed by atoms with Gasteiger partial charge < -0.3 is 0 Å². The lowest BCUT2D eigenvalue weighted by atomic mass is 10.4. The lowest BCUT2D eigenvalue weighted by Gasteiger charge is -2.06. The zero-order chi connectivity index (χ0) is 10.8. The molecule has 1 aromatic rings. The zero-order valence-corrected chi connectivity index (χ0v) is 10.8. The van der Waals surface area contributed by atoms with Crippen LogP contribution >= 0.6 is 35.1 Å². The summed E-state index contributed by atoms with van der Waals surface area (Å²) in [6.07, 6.45) is 0. The van der Waals surface area contributed by atoms with Crippen molar-refractivity contribution in [3.05, 3.63) is 30.3 Å². The first-order valence-electron chi connectivity index (χ1n) is 3.39. The van der Waals surface area contributed by atoms with E-state index in [0.717, 1.165) is 0 Å². The Kier molecular flexibility index (Phi) is 4.13. The minimum atomic E-state index is -4.61. The first kappa shape index (κ1) is 12.6. The van der Waals surface area contributed by atoms with Crippen molar-refractivity contribution in [2.45, 2.75) is 0 Å². The van der Waals surface area contributed by atoms with E-state index in [0.29, 0.717) is 0 Å². The maximum Gasteiger partial charge on any atom is 0.328 e. The molecule has 1 rings (SSSR count). The van der Waals surface area contributed by atoms with Crippen LogP contribution in [0.1, 0.15) is 0 Å². The number of rotatable bonds is 2. The predicted octanol–water partition coefficient (Wildman–Crippen LogP) is 4.98.